The number of anilines is 1. The molecule has 9 heteroatoms. The molecule has 2 N–H and O–H groups in total. The van der Waals surface area contributed by atoms with Crippen LogP contribution in [-0.2, 0) is 10.0 Å². The summed E-state index contributed by atoms with van der Waals surface area (Å²) in [6.45, 7) is 5.96. The predicted octanol–water partition coefficient (Wildman–Crippen LogP) is 2.79. The average Bonchev–Trinajstić information content (AvgIpc) is 2.75. The summed E-state index contributed by atoms with van der Waals surface area (Å²) in [6, 6.07) is 4.43. The second kappa shape index (κ2) is 11.1. The lowest BCUT2D eigenvalue weighted by Crippen LogP contribution is -2.50. The highest BCUT2D eigenvalue weighted by Crippen LogP contribution is 2.31. The van der Waals surface area contributed by atoms with Crippen molar-refractivity contribution in [1.82, 2.24) is 9.80 Å². The number of fused-ring (bicyclic) bond motifs is 1. The van der Waals surface area contributed by atoms with E-state index in [1.165, 1.54) is 38.2 Å². The van der Waals surface area contributed by atoms with Crippen LogP contribution in [0.15, 0.2) is 18.2 Å². The standard InChI is InChI=1S/C24H39N3O5S/c1-17-13-27(18(2)16-28)24(29)21-12-20(25-33(4,30)31)10-11-22(21)32-23(17)15-26(3)14-19-8-6-5-7-9-19/h10-12,17-19,23,25,28H,5-9,13-16H2,1-4H3/t17-,18+,23-/m1/s1. The number of nitrogens with zero attached hydrogens (tertiary/aromatic N) is 2. The number of amides is 1. The molecule has 1 aliphatic carbocycles. The Bertz CT molecular complexity index is 917. The molecule has 8 nitrogen and oxygen atoms in total. The van der Waals surface area contributed by atoms with Crippen molar-refractivity contribution in [3.05, 3.63) is 23.8 Å². The van der Waals surface area contributed by atoms with Crippen LogP contribution in [0.3, 0.4) is 0 Å². The number of aliphatic hydroxyl groups excluding tert-OH is 1. The number of hydrogen-bond donors (Lipinski definition) is 2. The van der Waals surface area contributed by atoms with E-state index in [1.807, 2.05) is 6.92 Å². The minimum atomic E-state index is -3.48. The van der Waals surface area contributed by atoms with Crippen molar-refractivity contribution in [2.45, 2.75) is 58.1 Å². The molecule has 2 aliphatic rings. The van der Waals surface area contributed by atoms with Crippen molar-refractivity contribution in [3.8, 4) is 5.75 Å². The van der Waals surface area contributed by atoms with Gasteiger partial charge in [-0.3, -0.25) is 9.52 Å². The number of hydrogen-bond acceptors (Lipinski definition) is 6. The minimum Gasteiger partial charge on any atom is -0.488 e. The van der Waals surface area contributed by atoms with Crippen molar-refractivity contribution in [1.29, 1.82) is 0 Å². The van der Waals surface area contributed by atoms with E-state index in [9.17, 15) is 18.3 Å². The van der Waals surface area contributed by atoms with Gasteiger partial charge in [0.1, 0.15) is 11.9 Å². The third-order valence-corrected chi connectivity index (χ3v) is 7.36. The molecule has 33 heavy (non-hydrogen) atoms. The largest absolute Gasteiger partial charge is 0.488 e. The van der Waals surface area contributed by atoms with Gasteiger partial charge in [-0.05, 0) is 50.9 Å². The smallest absolute Gasteiger partial charge is 0.258 e. The summed E-state index contributed by atoms with van der Waals surface area (Å²) in [5.41, 5.74) is 0.611. The molecule has 0 spiro atoms. The van der Waals surface area contributed by atoms with Gasteiger partial charge in [0.25, 0.3) is 5.91 Å². The second-order valence-corrected chi connectivity index (χ2v) is 11.7. The Morgan fingerprint density at radius 2 is 1.94 bits per heavy atom. The summed E-state index contributed by atoms with van der Waals surface area (Å²) in [5.74, 6) is 0.942. The molecule has 1 amide bonds. The molecule has 3 atom stereocenters. The van der Waals surface area contributed by atoms with Gasteiger partial charge in [0.2, 0.25) is 10.0 Å². The summed E-state index contributed by atoms with van der Waals surface area (Å²) in [4.78, 5) is 17.4. The number of sulfonamides is 1. The van der Waals surface area contributed by atoms with Crippen LogP contribution in [0.2, 0.25) is 0 Å². The van der Waals surface area contributed by atoms with Crippen LogP contribution >= 0.6 is 0 Å². The topological polar surface area (TPSA) is 99.2 Å². The van der Waals surface area contributed by atoms with E-state index in [0.717, 1.165) is 25.3 Å². The fourth-order valence-electron chi connectivity index (χ4n) is 4.91. The lowest BCUT2D eigenvalue weighted by atomic mass is 9.89. The quantitative estimate of drug-likeness (QED) is 0.592. The number of likely N-dealkylation sites (N-methyl/N-ethyl adjacent to an activating group) is 1. The number of carbonyl (C=O) groups is 1. The van der Waals surface area contributed by atoms with Gasteiger partial charge in [-0.2, -0.15) is 0 Å². The Hall–Kier alpha value is -1.84. The molecule has 1 aromatic carbocycles. The van der Waals surface area contributed by atoms with Crippen LogP contribution in [-0.4, -0.2) is 80.9 Å². The highest BCUT2D eigenvalue weighted by molar-refractivity contribution is 7.92. The van der Waals surface area contributed by atoms with Crippen molar-refractivity contribution in [3.63, 3.8) is 0 Å². The Morgan fingerprint density at radius 1 is 1.24 bits per heavy atom. The molecular weight excluding hydrogens is 442 g/mol. The van der Waals surface area contributed by atoms with Crippen LogP contribution in [0.4, 0.5) is 5.69 Å². The molecular formula is C24H39N3O5S. The van der Waals surface area contributed by atoms with Crippen LogP contribution in [0.5, 0.6) is 5.75 Å². The lowest BCUT2D eigenvalue weighted by Gasteiger charge is -2.38. The van der Waals surface area contributed by atoms with Crippen LogP contribution in [0.25, 0.3) is 0 Å². The Kier molecular flexibility index (Phi) is 8.64. The highest BCUT2D eigenvalue weighted by Gasteiger charge is 2.34. The van der Waals surface area contributed by atoms with E-state index < -0.39 is 10.0 Å². The lowest BCUT2D eigenvalue weighted by molar-refractivity contribution is 0.0330. The summed E-state index contributed by atoms with van der Waals surface area (Å²) >= 11 is 0. The first-order chi connectivity index (χ1) is 15.6. The van der Waals surface area contributed by atoms with Gasteiger partial charge in [-0.25, -0.2) is 8.42 Å². The molecule has 0 unspecified atom stereocenters. The molecule has 3 rings (SSSR count). The molecule has 0 radical (unpaired) electrons. The van der Waals surface area contributed by atoms with E-state index in [0.29, 0.717) is 23.5 Å². The molecule has 1 saturated carbocycles. The van der Waals surface area contributed by atoms with E-state index in [2.05, 4.69) is 23.6 Å². The summed E-state index contributed by atoms with van der Waals surface area (Å²) < 4.78 is 32.2. The maximum absolute atomic E-state index is 13.4. The number of ether oxygens (including phenoxy) is 1. The molecule has 1 heterocycles. The fourth-order valence-corrected chi connectivity index (χ4v) is 5.47. The van der Waals surface area contributed by atoms with E-state index in [4.69, 9.17) is 4.74 Å². The Balaban J connectivity index is 1.86. The number of carbonyl (C=O) groups excluding carboxylic acids is 1. The zero-order chi connectivity index (χ0) is 24.2. The molecule has 0 aromatic heterocycles. The maximum Gasteiger partial charge on any atom is 0.258 e. The van der Waals surface area contributed by atoms with Crippen LogP contribution in [0, 0.1) is 11.8 Å². The Labute approximate surface area is 198 Å². The monoisotopic (exact) mass is 481 g/mol. The zero-order valence-corrected chi connectivity index (χ0v) is 21.1. The maximum atomic E-state index is 13.4. The number of nitrogens with one attached hydrogen (secondary N) is 1. The molecule has 0 bridgehead atoms. The number of benzene rings is 1. The summed E-state index contributed by atoms with van der Waals surface area (Å²) in [6.07, 6.45) is 7.43. The molecule has 1 aromatic rings. The van der Waals surface area contributed by atoms with Crippen molar-refractivity contribution >= 4 is 21.6 Å². The molecule has 186 valence electrons. The normalized spacial score (nSPS) is 23.5. The van der Waals surface area contributed by atoms with Gasteiger partial charge in [0.05, 0.1) is 24.5 Å². The first kappa shape index (κ1) is 25.8. The van der Waals surface area contributed by atoms with Crippen molar-refractivity contribution in [2.75, 3.05) is 44.3 Å². The molecule has 1 fully saturated rings. The van der Waals surface area contributed by atoms with Gasteiger partial charge in [-0.1, -0.05) is 26.2 Å². The molecule has 0 saturated heterocycles. The van der Waals surface area contributed by atoms with Gasteiger partial charge >= 0.3 is 0 Å². The number of aliphatic hydroxyl groups is 1. The van der Waals surface area contributed by atoms with Gasteiger partial charge in [-0.15, -0.1) is 0 Å². The van der Waals surface area contributed by atoms with Crippen molar-refractivity contribution < 1.29 is 23.1 Å². The van der Waals surface area contributed by atoms with Gasteiger partial charge < -0.3 is 19.6 Å². The highest BCUT2D eigenvalue weighted by atomic mass is 32.2. The SMILES string of the molecule is C[C@@H]1CN([C@@H](C)CO)C(=O)c2cc(NS(C)(=O)=O)ccc2O[C@@H]1CN(C)CC1CCCCC1. The zero-order valence-electron chi connectivity index (χ0n) is 20.3. The summed E-state index contributed by atoms with van der Waals surface area (Å²) in [7, 11) is -1.36. The minimum absolute atomic E-state index is 0.0544. The molecule has 1 aliphatic heterocycles. The fraction of sp³-hybridized carbons (Fsp3) is 0.708. The van der Waals surface area contributed by atoms with Crippen LogP contribution in [0.1, 0.15) is 56.3 Å². The second-order valence-electron chi connectivity index (χ2n) is 9.93. The van der Waals surface area contributed by atoms with E-state index in [-0.39, 0.29) is 30.6 Å². The predicted molar refractivity (Wildman–Crippen MR) is 130 cm³/mol. The van der Waals surface area contributed by atoms with E-state index in [1.54, 1.807) is 17.0 Å². The van der Waals surface area contributed by atoms with Crippen molar-refractivity contribution in [2.24, 2.45) is 11.8 Å². The average molecular weight is 482 g/mol. The first-order valence-corrected chi connectivity index (χ1v) is 13.9. The summed E-state index contributed by atoms with van der Waals surface area (Å²) in [5, 5.41) is 9.78. The first-order valence-electron chi connectivity index (χ1n) is 12.0. The van der Waals surface area contributed by atoms with Gasteiger partial charge in [0.15, 0.2) is 0 Å². The van der Waals surface area contributed by atoms with Crippen LogP contribution < -0.4 is 9.46 Å². The Morgan fingerprint density at radius 3 is 2.58 bits per heavy atom. The van der Waals surface area contributed by atoms with Gasteiger partial charge in [0, 0.05) is 31.2 Å². The third kappa shape index (κ3) is 7.07. The number of rotatable bonds is 8. The third-order valence-electron chi connectivity index (χ3n) is 6.75. The van der Waals surface area contributed by atoms with E-state index >= 15 is 0 Å².